The van der Waals surface area contributed by atoms with E-state index in [1.165, 1.54) is 6.20 Å². The fourth-order valence-electron chi connectivity index (χ4n) is 2.88. The van der Waals surface area contributed by atoms with E-state index in [1.54, 1.807) is 36.1 Å². The lowest BCUT2D eigenvalue weighted by molar-refractivity contribution is -0.154. The number of rotatable bonds is 7. The average Bonchev–Trinajstić information content (AvgIpc) is 3.04. The van der Waals surface area contributed by atoms with Crippen molar-refractivity contribution in [1.29, 1.82) is 0 Å². The van der Waals surface area contributed by atoms with Gasteiger partial charge in [-0.15, -0.1) is 0 Å². The Morgan fingerprint density at radius 2 is 2.10 bits per heavy atom. The number of fused-ring (bicyclic) bond motifs is 1. The molecule has 1 N–H and O–H groups in total. The summed E-state index contributed by atoms with van der Waals surface area (Å²) in [6.07, 6.45) is 0.594. The number of hydrogen-bond donors (Lipinski definition) is 1. The molecule has 0 atom stereocenters. The molecular weight excluding hydrogens is 387 g/mol. The third-order valence-corrected chi connectivity index (χ3v) is 4.07. The molecule has 29 heavy (non-hydrogen) atoms. The first-order valence-corrected chi connectivity index (χ1v) is 8.98. The van der Waals surface area contributed by atoms with Crippen LogP contribution in [0, 0.1) is 6.92 Å². The Bertz CT molecular complexity index is 1020. The average molecular weight is 407 g/mol. The van der Waals surface area contributed by atoms with Crippen LogP contribution in [0.4, 0.5) is 13.2 Å². The summed E-state index contributed by atoms with van der Waals surface area (Å²) in [6.45, 7) is 3.01. The summed E-state index contributed by atoms with van der Waals surface area (Å²) in [5.74, 6) is -0.167. The van der Waals surface area contributed by atoms with Crippen LogP contribution in [0.25, 0.3) is 10.9 Å². The fourth-order valence-corrected chi connectivity index (χ4v) is 2.88. The van der Waals surface area contributed by atoms with Gasteiger partial charge in [0, 0.05) is 36.1 Å². The van der Waals surface area contributed by atoms with Gasteiger partial charge in [-0.05, 0) is 31.5 Å². The van der Waals surface area contributed by atoms with E-state index in [-0.39, 0.29) is 18.2 Å². The second-order valence-corrected chi connectivity index (χ2v) is 6.52. The van der Waals surface area contributed by atoms with Crippen molar-refractivity contribution < 1.29 is 22.7 Å². The number of nitrogens with one attached hydrogen (secondary N) is 1. The van der Waals surface area contributed by atoms with Gasteiger partial charge in [-0.3, -0.25) is 14.5 Å². The van der Waals surface area contributed by atoms with Crippen LogP contribution in [0.15, 0.2) is 30.7 Å². The van der Waals surface area contributed by atoms with Gasteiger partial charge in [0.05, 0.1) is 24.2 Å². The molecule has 1 amide bonds. The molecule has 3 heterocycles. The number of amides is 1. The third-order valence-electron chi connectivity index (χ3n) is 4.07. The lowest BCUT2D eigenvalue weighted by Gasteiger charge is -2.11. The number of carbonyl (C=O) groups is 1. The molecule has 0 fully saturated rings. The number of ether oxygens (including phenoxy) is 1. The summed E-state index contributed by atoms with van der Waals surface area (Å²) >= 11 is 0. The Kier molecular flexibility index (Phi) is 6.00. The fraction of sp³-hybridized carbons (Fsp3) is 0.368. The van der Waals surface area contributed by atoms with Crippen LogP contribution in [0.3, 0.4) is 0 Å². The molecule has 0 aliphatic rings. The molecule has 0 unspecified atom stereocenters. The number of likely N-dealkylation sites (N-methyl/N-ethyl adjacent to an activating group) is 1. The lowest BCUT2D eigenvalue weighted by atomic mass is 10.2. The van der Waals surface area contributed by atoms with Gasteiger partial charge < -0.3 is 10.1 Å². The van der Waals surface area contributed by atoms with Crippen molar-refractivity contribution in [2.75, 3.05) is 13.2 Å². The van der Waals surface area contributed by atoms with Gasteiger partial charge in [0.1, 0.15) is 0 Å². The lowest BCUT2D eigenvalue weighted by Crippen LogP contribution is -2.24. The number of nitrogens with zero attached hydrogens (tertiary/aromatic N) is 4. The monoisotopic (exact) mass is 407 g/mol. The molecule has 3 rings (SSSR count). The summed E-state index contributed by atoms with van der Waals surface area (Å²) in [5.41, 5.74) is 2.59. The Balaban J connectivity index is 1.76. The molecule has 7 nitrogen and oxygen atoms in total. The Hall–Kier alpha value is -3.17. The van der Waals surface area contributed by atoms with Crippen molar-refractivity contribution in [3.05, 3.63) is 47.5 Å². The first-order valence-electron chi connectivity index (χ1n) is 8.98. The molecule has 0 aliphatic carbocycles. The van der Waals surface area contributed by atoms with Crippen molar-refractivity contribution in [3.8, 4) is 5.88 Å². The summed E-state index contributed by atoms with van der Waals surface area (Å²) in [7, 11) is 0. The molecule has 10 heteroatoms. The quantitative estimate of drug-likeness (QED) is 0.651. The van der Waals surface area contributed by atoms with E-state index >= 15 is 0 Å². The minimum Gasteiger partial charge on any atom is -0.468 e. The Morgan fingerprint density at radius 1 is 1.31 bits per heavy atom. The maximum atomic E-state index is 12.3. The van der Waals surface area contributed by atoms with Crippen LogP contribution in [0.2, 0.25) is 0 Å². The largest absolute Gasteiger partial charge is 0.468 e. The molecule has 0 saturated carbocycles. The standard InChI is InChI=1S/C19H20F3N5O2/c1-3-23-17(28)7-16-14-10-27(26-15(14)4-5-24-16)9-13-6-12(2)18(25-8-13)29-11-19(20,21)22/h4-6,8,10H,3,7,9,11H2,1-2H3,(H,23,28). The summed E-state index contributed by atoms with van der Waals surface area (Å²) < 4.78 is 43.3. The highest BCUT2D eigenvalue weighted by Gasteiger charge is 2.29. The zero-order valence-corrected chi connectivity index (χ0v) is 16.0. The van der Waals surface area contributed by atoms with Crippen LogP contribution in [0.5, 0.6) is 5.88 Å². The third kappa shape index (κ3) is 5.43. The molecule has 0 aliphatic heterocycles. The van der Waals surface area contributed by atoms with Crippen molar-refractivity contribution in [2.24, 2.45) is 0 Å². The topological polar surface area (TPSA) is 81.9 Å². The minimum atomic E-state index is -4.41. The van der Waals surface area contributed by atoms with Crippen LogP contribution in [-0.2, 0) is 17.8 Å². The molecule has 0 saturated heterocycles. The van der Waals surface area contributed by atoms with E-state index in [0.29, 0.717) is 29.9 Å². The normalized spacial score (nSPS) is 11.6. The predicted octanol–water partition coefficient (Wildman–Crippen LogP) is 2.80. The second-order valence-electron chi connectivity index (χ2n) is 6.52. The van der Waals surface area contributed by atoms with Crippen LogP contribution < -0.4 is 10.1 Å². The van der Waals surface area contributed by atoms with E-state index < -0.39 is 12.8 Å². The minimum absolute atomic E-state index is 0.0508. The van der Waals surface area contributed by atoms with Crippen molar-refractivity contribution in [3.63, 3.8) is 0 Å². The number of aryl methyl sites for hydroxylation is 1. The van der Waals surface area contributed by atoms with E-state index in [0.717, 1.165) is 10.9 Å². The van der Waals surface area contributed by atoms with Gasteiger partial charge in [0.15, 0.2) is 6.61 Å². The smallest absolute Gasteiger partial charge is 0.422 e. The van der Waals surface area contributed by atoms with Gasteiger partial charge in [-0.25, -0.2) is 4.98 Å². The Labute approximate surface area is 164 Å². The summed E-state index contributed by atoms with van der Waals surface area (Å²) in [6, 6.07) is 3.46. The van der Waals surface area contributed by atoms with E-state index in [9.17, 15) is 18.0 Å². The van der Waals surface area contributed by atoms with Crippen molar-refractivity contribution >= 4 is 16.8 Å². The molecule has 3 aromatic heterocycles. The second kappa shape index (κ2) is 8.46. The van der Waals surface area contributed by atoms with Crippen molar-refractivity contribution in [2.45, 2.75) is 33.0 Å². The van der Waals surface area contributed by atoms with E-state index in [4.69, 9.17) is 4.74 Å². The van der Waals surface area contributed by atoms with Gasteiger partial charge in [0.25, 0.3) is 0 Å². The number of hydrogen-bond acceptors (Lipinski definition) is 5. The molecule has 0 aromatic carbocycles. The zero-order chi connectivity index (χ0) is 21.0. The highest BCUT2D eigenvalue weighted by molar-refractivity contribution is 5.86. The van der Waals surface area contributed by atoms with Crippen LogP contribution in [-0.4, -0.2) is 45.0 Å². The predicted molar refractivity (Wildman–Crippen MR) is 99.5 cm³/mol. The van der Waals surface area contributed by atoms with E-state index in [2.05, 4.69) is 20.4 Å². The van der Waals surface area contributed by atoms with Gasteiger partial charge in [-0.1, -0.05) is 0 Å². The number of aromatic nitrogens is 4. The van der Waals surface area contributed by atoms with Gasteiger partial charge in [-0.2, -0.15) is 18.3 Å². The highest BCUT2D eigenvalue weighted by atomic mass is 19.4. The molecular formula is C19H20F3N5O2. The van der Waals surface area contributed by atoms with E-state index in [1.807, 2.05) is 6.92 Å². The summed E-state index contributed by atoms with van der Waals surface area (Å²) in [4.78, 5) is 20.1. The number of pyridine rings is 2. The SMILES string of the molecule is CCNC(=O)Cc1nccc2nn(Cc3cnc(OCC(F)(F)F)c(C)c3)cc12. The van der Waals surface area contributed by atoms with Crippen LogP contribution in [0.1, 0.15) is 23.7 Å². The van der Waals surface area contributed by atoms with Crippen molar-refractivity contribution in [1.82, 2.24) is 25.1 Å². The number of carbonyl (C=O) groups excluding carboxylic acids is 1. The maximum absolute atomic E-state index is 12.3. The molecule has 154 valence electrons. The highest BCUT2D eigenvalue weighted by Crippen LogP contribution is 2.21. The number of alkyl halides is 3. The van der Waals surface area contributed by atoms with Gasteiger partial charge >= 0.3 is 6.18 Å². The molecule has 0 spiro atoms. The number of halogens is 3. The summed E-state index contributed by atoms with van der Waals surface area (Å²) in [5, 5.41) is 7.99. The molecule has 3 aromatic rings. The molecule has 0 bridgehead atoms. The zero-order valence-electron chi connectivity index (χ0n) is 16.0. The first-order chi connectivity index (χ1) is 13.7. The van der Waals surface area contributed by atoms with Gasteiger partial charge in [0.2, 0.25) is 11.8 Å². The Morgan fingerprint density at radius 3 is 2.79 bits per heavy atom. The first kappa shape index (κ1) is 20.6. The van der Waals surface area contributed by atoms with Crippen LogP contribution >= 0.6 is 0 Å². The maximum Gasteiger partial charge on any atom is 0.422 e. The molecule has 0 radical (unpaired) electrons.